The molecule has 2 rings (SSSR count). The van der Waals surface area contributed by atoms with Crippen LogP contribution in [-0.4, -0.2) is 9.78 Å². The van der Waals surface area contributed by atoms with Gasteiger partial charge in [-0.1, -0.05) is 0 Å². The van der Waals surface area contributed by atoms with Crippen molar-refractivity contribution in [1.29, 1.82) is 0 Å². The van der Waals surface area contributed by atoms with Crippen LogP contribution in [0.5, 0.6) is 0 Å². The van der Waals surface area contributed by atoms with Gasteiger partial charge in [0.1, 0.15) is 0 Å². The van der Waals surface area contributed by atoms with Gasteiger partial charge in [-0.05, 0) is 51.3 Å². The Morgan fingerprint density at radius 1 is 1.06 bits per heavy atom. The molecule has 3 nitrogen and oxygen atoms in total. The maximum Gasteiger partial charge on any atom is 0.0721 e. The van der Waals surface area contributed by atoms with E-state index in [4.69, 9.17) is 5.73 Å². The van der Waals surface area contributed by atoms with Crippen molar-refractivity contribution in [2.24, 2.45) is 0 Å². The lowest BCUT2D eigenvalue weighted by molar-refractivity contribution is 0.674. The van der Waals surface area contributed by atoms with Gasteiger partial charge in [0.2, 0.25) is 0 Å². The molecule has 86 valence electrons. The lowest BCUT2D eigenvalue weighted by Crippen LogP contribution is -2.01. The monoisotopic (exact) mass is 217 g/mol. The summed E-state index contributed by atoms with van der Waals surface area (Å²) in [4.78, 5) is 0. The average Bonchev–Trinajstić information content (AvgIpc) is 2.60. The lowest BCUT2D eigenvalue weighted by atomic mass is 9.98. The van der Waals surface area contributed by atoms with Crippen LogP contribution in [0.2, 0.25) is 0 Å². The molecule has 2 aromatic rings. The largest absolute Gasteiger partial charge is 0.398 e. The first-order chi connectivity index (χ1) is 7.49. The van der Waals surface area contributed by atoms with Gasteiger partial charge in [0, 0.05) is 17.6 Å². The van der Waals surface area contributed by atoms with E-state index >= 15 is 0 Å². The van der Waals surface area contributed by atoms with Gasteiger partial charge >= 0.3 is 0 Å². The van der Waals surface area contributed by atoms with Gasteiger partial charge in [0.15, 0.2) is 0 Å². The van der Waals surface area contributed by atoms with Crippen molar-refractivity contribution in [3.05, 3.63) is 22.4 Å². The maximum atomic E-state index is 6.13. The van der Waals surface area contributed by atoms with Crippen LogP contribution in [0.15, 0.2) is 0 Å². The molecule has 0 aliphatic heterocycles. The minimum Gasteiger partial charge on any atom is -0.398 e. The van der Waals surface area contributed by atoms with Gasteiger partial charge in [-0.15, -0.1) is 0 Å². The van der Waals surface area contributed by atoms with E-state index in [0.29, 0.717) is 0 Å². The summed E-state index contributed by atoms with van der Waals surface area (Å²) in [5.41, 5.74) is 12.9. The summed E-state index contributed by atoms with van der Waals surface area (Å²) in [6.07, 6.45) is 0. The summed E-state index contributed by atoms with van der Waals surface area (Å²) in [6, 6.07) is 0. The number of hydrogen-bond acceptors (Lipinski definition) is 2. The Morgan fingerprint density at radius 2 is 1.69 bits per heavy atom. The third-order valence-electron chi connectivity index (χ3n) is 3.53. The first kappa shape index (κ1) is 11.0. The molecule has 0 saturated carbocycles. The molecule has 1 aromatic heterocycles. The van der Waals surface area contributed by atoms with Crippen LogP contribution in [0.1, 0.15) is 29.3 Å². The van der Waals surface area contributed by atoms with Crippen molar-refractivity contribution < 1.29 is 0 Å². The van der Waals surface area contributed by atoms with Crippen LogP contribution in [0.25, 0.3) is 10.9 Å². The molecule has 0 fully saturated rings. The maximum absolute atomic E-state index is 6.13. The number of nitrogens with zero attached hydrogens (tertiary/aromatic N) is 2. The molecule has 1 heterocycles. The normalized spacial score (nSPS) is 11.3. The summed E-state index contributed by atoms with van der Waals surface area (Å²) in [5.74, 6) is 0. The predicted octanol–water partition coefficient (Wildman–Crippen LogP) is 2.87. The molecule has 0 aliphatic rings. The van der Waals surface area contributed by atoms with Crippen molar-refractivity contribution in [2.75, 3.05) is 5.73 Å². The predicted molar refractivity (Wildman–Crippen MR) is 68.8 cm³/mol. The molecule has 0 radical (unpaired) electrons. The number of hydrogen-bond donors (Lipinski definition) is 1. The Hall–Kier alpha value is -1.51. The third-order valence-corrected chi connectivity index (χ3v) is 3.53. The van der Waals surface area contributed by atoms with E-state index in [-0.39, 0.29) is 0 Å². The van der Waals surface area contributed by atoms with E-state index in [0.717, 1.165) is 23.5 Å². The first-order valence-electron chi connectivity index (χ1n) is 5.71. The Labute approximate surface area is 96.2 Å². The van der Waals surface area contributed by atoms with Crippen LogP contribution < -0.4 is 5.73 Å². The fourth-order valence-electron chi connectivity index (χ4n) is 2.44. The van der Waals surface area contributed by atoms with Gasteiger partial charge in [0.05, 0.1) is 11.2 Å². The van der Waals surface area contributed by atoms with Crippen molar-refractivity contribution in [3.8, 4) is 0 Å². The van der Waals surface area contributed by atoms with Crippen LogP contribution in [0.4, 0.5) is 5.69 Å². The highest BCUT2D eigenvalue weighted by Gasteiger charge is 2.16. The quantitative estimate of drug-likeness (QED) is 0.746. The zero-order valence-electron chi connectivity index (χ0n) is 10.7. The summed E-state index contributed by atoms with van der Waals surface area (Å²) in [7, 11) is 0. The number of rotatable bonds is 1. The molecule has 1 aromatic carbocycles. The highest BCUT2D eigenvalue weighted by molar-refractivity contribution is 5.93. The summed E-state index contributed by atoms with van der Waals surface area (Å²) >= 11 is 0. The second-order valence-corrected chi connectivity index (χ2v) is 4.41. The Morgan fingerprint density at radius 3 is 2.25 bits per heavy atom. The zero-order valence-corrected chi connectivity index (χ0v) is 10.7. The van der Waals surface area contributed by atoms with E-state index in [1.807, 2.05) is 0 Å². The van der Waals surface area contributed by atoms with Crippen LogP contribution in [0.3, 0.4) is 0 Å². The number of fused-ring (bicyclic) bond motifs is 1. The second kappa shape index (κ2) is 3.51. The first-order valence-corrected chi connectivity index (χ1v) is 5.71. The van der Waals surface area contributed by atoms with Crippen molar-refractivity contribution >= 4 is 16.6 Å². The molecular weight excluding hydrogens is 198 g/mol. The van der Waals surface area contributed by atoms with Gasteiger partial charge < -0.3 is 5.73 Å². The third kappa shape index (κ3) is 1.24. The second-order valence-electron chi connectivity index (χ2n) is 4.41. The van der Waals surface area contributed by atoms with E-state index < -0.39 is 0 Å². The number of aryl methyl sites for hydroxylation is 4. The number of nitrogen functional groups attached to an aromatic ring is 1. The topological polar surface area (TPSA) is 43.8 Å². The zero-order chi connectivity index (χ0) is 12.0. The van der Waals surface area contributed by atoms with Gasteiger partial charge in [0.25, 0.3) is 0 Å². The minimum atomic E-state index is 0.897. The smallest absolute Gasteiger partial charge is 0.0721 e. The highest BCUT2D eigenvalue weighted by Crippen LogP contribution is 2.32. The molecule has 2 N–H and O–H groups in total. The van der Waals surface area contributed by atoms with Crippen molar-refractivity contribution in [1.82, 2.24) is 9.78 Å². The van der Waals surface area contributed by atoms with E-state index in [9.17, 15) is 0 Å². The van der Waals surface area contributed by atoms with E-state index in [1.165, 1.54) is 22.0 Å². The SMILES string of the molecule is CCn1nc(C)c2c(C)c(N)c(C)c(C)c21. The Bertz CT molecular complexity index is 565. The number of benzene rings is 1. The van der Waals surface area contributed by atoms with Crippen molar-refractivity contribution in [2.45, 2.75) is 41.2 Å². The average molecular weight is 217 g/mol. The number of nitrogens with two attached hydrogens (primary N) is 1. The van der Waals surface area contributed by atoms with E-state index in [1.54, 1.807) is 0 Å². The number of anilines is 1. The molecular formula is C13H19N3. The van der Waals surface area contributed by atoms with E-state index in [2.05, 4.69) is 44.4 Å². The highest BCUT2D eigenvalue weighted by atomic mass is 15.3. The summed E-state index contributed by atoms with van der Waals surface area (Å²) in [5, 5.41) is 5.80. The summed E-state index contributed by atoms with van der Waals surface area (Å²) < 4.78 is 2.07. The Balaban J connectivity index is 3.04. The van der Waals surface area contributed by atoms with Gasteiger partial charge in [-0.2, -0.15) is 5.10 Å². The van der Waals surface area contributed by atoms with Crippen LogP contribution >= 0.6 is 0 Å². The number of aromatic nitrogens is 2. The summed E-state index contributed by atoms with van der Waals surface area (Å²) in [6.45, 7) is 11.4. The van der Waals surface area contributed by atoms with Gasteiger partial charge in [-0.25, -0.2) is 0 Å². The molecule has 0 bridgehead atoms. The minimum absolute atomic E-state index is 0.897. The molecule has 0 saturated heterocycles. The fourth-order valence-corrected chi connectivity index (χ4v) is 2.44. The molecule has 0 aliphatic carbocycles. The standard InChI is InChI=1S/C13H19N3/c1-6-16-13-8(3)7(2)12(14)9(4)11(13)10(5)15-16/h6,14H2,1-5H3. The molecule has 0 atom stereocenters. The lowest BCUT2D eigenvalue weighted by Gasteiger charge is -2.12. The molecule has 16 heavy (non-hydrogen) atoms. The van der Waals surface area contributed by atoms with Crippen LogP contribution in [-0.2, 0) is 6.54 Å². The molecule has 0 spiro atoms. The van der Waals surface area contributed by atoms with Crippen LogP contribution in [0, 0.1) is 27.7 Å². The van der Waals surface area contributed by atoms with Crippen molar-refractivity contribution in [3.63, 3.8) is 0 Å². The molecule has 0 amide bonds. The molecule has 3 heteroatoms. The fraction of sp³-hybridized carbons (Fsp3) is 0.462. The van der Waals surface area contributed by atoms with Gasteiger partial charge in [-0.3, -0.25) is 4.68 Å². The Kier molecular flexibility index (Phi) is 2.41. The molecule has 0 unspecified atom stereocenters.